The second kappa shape index (κ2) is 10.9. The van der Waals surface area contributed by atoms with Crippen LogP contribution < -0.4 is 5.32 Å². The number of aromatic nitrogens is 1. The van der Waals surface area contributed by atoms with Gasteiger partial charge in [-0.15, -0.1) is 11.3 Å². The van der Waals surface area contributed by atoms with Gasteiger partial charge in [0.05, 0.1) is 34.3 Å². The molecule has 0 saturated heterocycles. The molecule has 2 heterocycles. The Morgan fingerprint density at radius 1 is 1.00 bits per heavy atom. The van der Waals surface area contributed by atoms with Gasteiger partial charge in [0.2, 0.25) is 0 Å². The summed E-state index contributed by atoms with van der Waals surface area (Å²) in [6, 6.07) is 17.1. The number of para-hydroxylation sites is 1. The Labute approximate surface area is 220 Å². The van der Waals surface area contributed by atoms with Gasteiger partial charge in [-0.2, -0.15) is 0 Å². The largest absolute Gasteiger partial charge is 0.465 e. The summed E-state index contributed by atoms with van der Waals surface area (Å²) < 4.78 is 4.99. The number of amides is 2. The van der Waals surface area contributed by atoms with E-state index in [-0.39, 0.29) is 16.5 Å². The molecule has 1 N–H and O–H groups in total. The van der Waals surface area contributed by atoms with Crippen molar-refractivity contribution in [1.29, 1.82) is 0 Å². The highest BCUT2D eigenvalue weighted by atomic mass is 32.1. The number of carbonyl (C=O) groups is 3. The van der Waals surface area contributed by atoms with Crippen molar-refractivity contribution < 1.29 is 19.1 Å². The van der Waals surface area contributed by atoms with Crippen LogP contribution in [-0.4, -0.2) is 47.9 Å². The molecule has 0 fully saturated rings. The number of hydrogen-bond donors (Lipinski definition) is 1. The van der Waals surface area contributed by atoms with Crippen molar-refractivity contribution in [3.05, 3.63) is 81.7 Å². The number of pyridine rings is 1. The van der Waals surface area contributed by atoms with Crippen molar-refractivity contribution in [3.8, 4) is 11.3 Å². The van der Waals surface area contributed by atoms with E-state index < -0.39 is 11.9 Å². The zero-order chi connectivity index (χ0) is 26.7. The average molecular weight is 516 g/mol. The molecule has 0 aliphatic carbocycles. The second-order valence-electron chi connectivity index (χ2n) is 8.63. The molecule has 0 bridgehead atoms. The molecular formula is C29H29N3O4S. The standard InChI is InChI=1S/C29H29N3O4S/c1-6-32(7-2)28(34)25-18(4)24(29(35)36-5)27(37-25)31-26(33)21-16-23(19-12-10-11-17(3)15-19)30-22-14-9-8-13-20(21)22/h8-16H,6-7H2,1-5H3,(H,31,33). The summed E-state index contributed by atoms with van der Waals surface area (Å²) in [7, 11) is 1.28. The van der Waals surface area contributed by atoms with E-state index in [1.807, 2.05) is 69.3 Å². The van der Waals surface area contributed by atoms with E-state index in [1.54, 1.807) is 17.9 Å². The van der Waals surface area contributed by atoms with Crippen LogP contribution in [0.4, 0.5) is 5.00 Å². The molecule has 37 heavy (non-hydrogen) atoms. The molecule has 4 rings (SSSR count). The zero-order valence-corrected chi connectivity index (χ0v) is 22.4. The van der Waals surface area contributed by atoms with Crippen LogP contribution in [-0.2, 0) is 4.74 Å². The Hall–Kier alpha value is -4.04. The van der Waals surface area contributed by atoms with Crippen LogP contribution in [0.1, 0.15) is 55.4 Å². The van der Waals surface area contributed by atoms with Gasteiger partial charge in [0.15, 0.2) is 0 Å². The maximum absolute atomic E-state index is 13.7. The number of esters is 1. The van der Waals surface area contributed by atoms with Crippen LogP contribution in [0.15, 0.2) is 54.6 Å². The van der Waals surface area contributed by atoms with E-state index in [1.165, 1.54) is 7.11 Å². The Morgan fingerprint density at radius 2 is 1.73 bits per heavy atom. The molecule has 0 unspecified atom stereocenters. The first-order valence-electron chi connectivity index (χ1n) is 12.1. The second-order valence-corrected chi connectivity index (χ2v) is 9.65. The lowest BCUT2D eigenvalue weighted by atomic mass is 10.0. The van der Waals surface area contributed by atoms with Crippen molar-refractivity contribution in [2.24, 2.45) is 0 Å². The SMILES string of the molecule is CCN(CC)C(=O)c1sc(NC(=O)c2cc(-c3cccc(C)c3)nc3ccccc23)c(C(=O)OC)c1C. The number of aryl methyl sites for hydroxylation is 1. The summed E-state index contributed by atoms with van der Waals surface area (Å²) in [6.07, 6.45) is 0. The van der Waals surface area contributed by atoms with Crippen molar-refractivity contribution >= 4 is 45.0 Å². The minimum Gasteiger partial charge on any atom is -0.465 e. The Morgan fingerprint density at radius 3 is 2.41 bits per heavy atom. The Bertz CT molecular complexity index is 1500. The summed E-state index contributed by atoms with van der Waals surface area (Å²) in [4.78, 5) is 46.4. The topological polar surface area (TPSA) is 88.6 Å². The van der Waals surface area contributed by atoms with Crippen molar-refractivity contribution in [1.82, 2.24) is 9.88 Å². The van der Waals surface area contributed by atoms with Gasteiger partial charge in [0.25, 0.3) is 11.8 Å². The number of thiophene rings is 1. The third-order valence-corrected chi connectivity index (χ3v) is 7.48. The Kier molecular flexibility index (Phi) is 7.69. The fraction of sp³-hybridized carbons (Fsp3) is 0.241. The van der Waals surface area contributed by atoms with E-state index in [0.29, 0.717) is 45.7 Å². The molecule has 2 amide bonds. The Balaban J connectivity index is 1.81. The normalized spacial score (nSPS) is 10.8. The molecule has 7 nitrogen and oxygen atoms in total. The average Bonchev–Trinajstić information content (AvgIpc) is 3.23. The number of anilines is 1. The number of ether oxygens (including phenoxy) is 1. The van der Waals surface area contributed by atoms with Gasteiger partial charge in [0.1, 0.15) is 5.00 Å². The van der Waals surface area contributed by atoms with Gasteiger partial charge in [-0.1, -0.05) is 42.0 Å². The first kappa shape index (κ1) is 26.0. The zero-order valence-electron chi connectivity index (χ0n) is 21.5. The predicted octanol–water partition coefficient (Wildman–Crippen LogP) is 6.10. The van der Waals surface area contributed by atoms with Crippen LogP contribution in [0.3, 0.4) is 0 Å². The minimum atomic E-state index is -0.609. The summed E-state index contributed by atoms with van der Waals surface area (Å²) in [6.45, 7) is 8.57. The molecular weight excluding hydrogens is 486 g/mol. The first-order chi connectivity index (χ1) is 17.8. The number of nitrogens with one attached hydrogen (secondary N) is 1. The number of benzene rings is 2. The quantitative estimate of drug-likeness (QED) is 0.300. The highest BCUT2D eigenvalue weighted by molar-refractivity contribution is 7.18. The molecule has 0 saturated carbocycles. The van der Waals surface area contributed by atoms with Crippen LogP contribution in [0.25, 0.3) is 22.2 Å². The summed E-state index contributed by atoms with van der Waals surface area (Å²) in [5.41, 5.74) is 4.42. The van der Waals surface area contributed by atoms with Crippen LogP contribution in [0.5, 0.6) is 0 Å². The van der Waals surface area contributed by atoms with E-state index in [9.17, 15) is 14.4 Å². The van der Waals surface area contributed by atoms with Crippen LogP contribution >= 0.6 is 11.3 Å². The molecule has 0 spiro atoms. The molecule has 0 radical (unpaired) electrons. The molecule has 0 aliphatic heterocycles. The van der Waals surface area contributed by atoms with Gasteiger partial charge in [0, 0.05) is 24.0 Å². The lowest BCUT2D eigenvalue weighted by Crippen LogP contribution is -2.30. The molecule has 190 valence electrons. The maximum atomic E-state index is 13.7. The van der Waals surface area contributed by atoms with Gasteiger partial charge in [-0.05, 0) is 51.5 Å². The molecule has 4 aromatic rings. The van der Waals surface area contributed by atoms with E-state index >= 15 is 0 Å². The molecule has 2 aromatic heterocycles. The van der Waals surface area contributed by atoms with Crippen molar-refractivity contribution in [3.63, 3.8) is 0 Å². The van der Waals surface area contributed by atoms with E-state index in [2.05, 4.69) is 5.32 Å². The summed E-state index contributed by atoms with van der Waals surface area (Å²) in [5, 5.41) is 3.86. The monoisotopic (exact) mass is 515 g/mol. The molecule has 8 heteroatoms. The summed E-state index contributed by atoms with van der Waals surface area (Å²) >= 11 is 1.09. The number of methoxy groups -OCH3 is 1. The fourth-order valence-corrected chi connectivity index (χ4v) is 5.45. The lowest BCUT2D eigenvalue weighted by molar-refractivity contribution is 0.0601. The highest BCUT2D eigenvalue weighted by Gasteiger charge is 2.28. The number of hydrogen-bond acceptors (Lipinski definition) is 6. The highest BCUT2D eigenvalue weighted by Crippen LogP contribution is 2.35. The number of rotatable bonds is 7. The van der Waals surface area contributed by atoms with Crippen molar-refractivity contribution in [2.45, 2.75) is 27.7 Å². The molecule has 0 aliphatic rings. The van der Waals surface area contributed by atoms with E-state index in [4.69, 9.17) is 9.72 Å². The van der Waals surface area contributed by atoms with Crippen molar-refractivity contribution in [2.75, 3.05) is 25.5 Å². The molecule has 0 atom stereocenters. The van der Waals surface area contributed by atoms with Gasteiger partial charge in [-0.25, -0.2) is 9.78 Å². The van der Waals surface area contributed by atoms with Gasteiger partial charge in [-0.3, -0.25) is 9.59 Å². The fourth-order valence-electron chi connectivity index (χ4n) is 4.29. The third-order valence-electron chi connectivity index (χ3n) is 6.28. The maximum Gasteiger partial charge on any atom is 0.341 e. The minimum absolute atomic E-state index is 0.186. The lowest BCUT2D eigenvalue weighted by Gasteiger charge is -2.17. The van der Waals surface area contributed by atoms with Gasteiger partial charge >= 0.3 is 5.97 Å². The number of carbonyl (C=O) groups excluding carboxylic acids is 3. The number of nitrogens with zero attached hydrogens (tertiary/aromatic N) is 2. The molecule has 2 aromatic carbocycles. The first-order valence-corrected chi connectivity index (χ1v) is 12.9. The predicted molar refractivity (Wildman–Crippen MR) is 148 cm³/mol. The van der Waals surface area contributed by atoms with Gasteiger partial charge < -0.3 is 15.0 Å². The smallest absolute Gasteiger partial charge is 0.341 e. The van der Waals surface area contributed by atoms with E-state index in [0.717, 1.165) is 22.5 Å². The van der Waals surface area contributed by atoms with Crippen LogP contribution in [0.2, 0.25) is 0 Å². The third kappa shape index (κ3) is 5.11. The number of fused-ring (bicyclic) bond motifs is 1. The summed E-state index contributed by atoms with van der Waals surface area (Å²) in [5.74, 6) is -1.20. The van der Waals surface area contributed by atoms with Crippen LogP contribution in [0, 0.1) is 13.8 Å².